The summed E-state index contributed by atoms with van der Waals surface area (Å²) in [6.45, 7) is 0. The zero-order valence-corrected chi connectivity index (χ0v) is 8.72. The molecule has 1 fully saturated rings. The predicted octanol–water partition coefficient (Wildman–Crippen LogP) is 2.46. The fraction of sp³-hybridized carbons (Fsp3) is 0.700. The molecule has 1 heterocycles. The molecular weight excluding hydrogens is 182 g/mol. The molecule has 2 atom stereocenters. The zero-order chi connectivity index (χ0) is 9.10. The Hall–Kier alpha value is -0.440. The van der Waals surface area contributed by atoms with Crippen molar-refractivity contribution in [2.24, 2.45) is 10.9 Å². The second kappa shape index (κ2) is 4.18. The van der Waals surface area contributed by atoms with Gasteiger partial charge < -0.3 is 4.74 Å². The van der Waals surface area contributed by atoms with Crippen LogP contribution in [0.1, 0.15) is 19.3 Å². The first-order valence-corrected chi connectivity index (χ1v) is 5.80. The van der Waals surface area contributed by atoms with Crippen molar-refractivity contribution < 1.29 is 4.74 Å². The fourth-order valence-electron chi connectivity index (χ4n) is 1.86. The lowest BCUT2D eigenvalue weighted by molar-refractivity contribution is 0.150. The van der Waals surface area contributed by atoms with Crippen molar-refractivity contribution in [2.45, 2.75) is 25.4 Å². The van der Waals surface area contributed by atoms with Gasteiger partial charge in [0.05, 0.1) is 0 Å². The summed E-state index contributed by atoms with van der Waals surface area (Å²) < 4.78 is 5.73. The third kappa shape index (κ3) is 2.08. The molecular formula is C10H15NOS. The van der Waals surface area contributed by atoms with Crippen molar-refractivity contribution in [2.75, 3.05) is 12.8 Å². The first-order valence-electron chi connectivity index (χ1n) is 4.81. The summed E-state index contributed by atoms with van der Waals surface area (Å²) in [5, 5.41) is 0.875. The molecule has 0 amide bonds. The highest BCUT2D eigenvalue weighted by Gasteiger charge is 2.30. The summed E-state index contributed by atoms with van der Waals surface area (Å²) in [7, 11) is 1.80. The Labute approximate surface area is 83.5 Å². The highest BCUT2D eigenvalue weighted by Crippen LogP contribution is 2.31. The van der Waals surface area contributed by atoms with Gasteiger partial charge in [-0.15, -0.1) is 0 Å². The summed E-state index contributed by atoms with van der Waals surface area (Å²) in [4.78, 5) is 4.07. The van der Waals surface area contributed by atoms with E-state index in [1.54, 1.807) is 18.8 Å². The van der Waals surface area contributed by atoms with Crippen LogP contribution < -0.4 is 0 Å². The van der Waals surface area contributed by atoms with Gasteiger partial charge in [0.2, 0.25) is 5.23 Å². The first kappa shape index (κ1) is 9.13. The minimum absolute atomic E-state index is 0.411. The van der Waals surface area contributed by atoms with Crippen LogP contribution in [0.5, 0.6) is 0 Å². The second-order valence-electron chi connectivity index (χ2n) is 3.50. The number of aliphatic imine (C=N–C) groups is 1. The smallest absolute Gasteiger partial charge is 0.245 e. The highest BCUT2D eigenvalue weighted by atomic mass is 32.2. The van der Waals surface area contributed by atoms with Crippen molar-refractivity contribution in [3.8, 4) is 0 Å². The molecule has 0 N–H and O–H groups in total. The van der Waals surface area contributed by atoms with Gasteiger partial charge in [0.25, 0.3) is 0 Å². The van der Waals surface area contributed by atoms with Gasteiger partial charge in [-0.25, -0.2) is 4.99 Å². The van der Waals surface area contributed by atoms with Crippen molar-refractivity contribution >= 4 is 17.0 Å². The van der Waals surface area contributed by atoms with Gasteiger partial charge in [-0.05, 0) is 19.3 Å². The van der Waals surface area contributed by atoms with Crippen LogP contribution >= 0.6 is 11.8 Å². The molecule has 2 aliphatic rings. The largest absolute Gasteiger partial charge is 0.469 e. The molecule has 0 spiro atoms. The predicted molar refractivity (Wildman–Crippen MR) is 57.2 cm³/mol. The normalized spacial score (nSPS) is 36.5. The molecule has 0 aromatic carbocycles. The van der Waals surface area contributed by atoms with Crippen LogP contribution in [-0.2, 0) is 4.74 Å². The van der Waals surface area contributed by atoms with Gasteiger partial charge in [0.15, 0.2) is 0 Å². The number of thioether (sulfide) groups is 1. The molecule has 2 unspecified atom stereocenters. The SMILES string of the molecule is CN=C1OC(C2CC=CCC2)CS1. The molecule has 72 valence electrons. The molecule has 0 aromatic heterocycles. The molecule has 3 heteroatoms. The minimum atomic E-state index is 0.411. The molecule has 0 aromatic rings. The fourth-order valence-corrected chi connectivity index (χ4v) is 2.82. The third-order valence-corrected chi connectivity index (χ3v) is 3.66. The second-order valence-corrected chi connectivity index (χ2v) is 4.47. The maximum atomic E-state index is 5.73. The Morgan fingerprint density at radius 1 is 1.54 bits per heavy atom. The van der Waals surface area contributed by atoms with E-state index in [0.717, 1.165) is 16.9 Å². The molecule has 0 radical (unpaired) electrons. The zero-order valence-electron chi connectivity index (χ0n) is 7.90. The Balaban J connectivity index is 1.91. The average molecular weight is 197 g/mol. The van der Waals surface area contributed by atoms with E-state index in [9.17, 15) is 0 Å². The van der Waals surface area contributed by atoms with E-state index in [4.69, 9.17) is 4.74 Å². The lowest BCUT2D eigenvalue weighted by atomic mass is 9.90. The van der Waals surface area contributed by atoms with Gasteiger partial charge in [0, 0.05) is 18.7 Å². The number of nitrogens with zero attached hydrogens (tertiary/aromatic N) is 1. The quantitative estimate of drug-likeness (QED) is 0.602. The summed E-state index contributed by atoms with van der Waals surface area (Å²) in [6, 6.07) is 0. The molecule has 1 aliphatic heterocycles. The van der Waals surface area contributed by atoms with E-state index in [1.165, 1.54) is 19.3 Å². The molecule has 0 bridgehead atoms. The number of ether oxygens (including phenoxy) is 1. The summed E-state index contributed by atoms with van der Waals surface area (Å²) >= 11 is 1.75. The van der Waals surface area contributed by atoms with Crippen LogP contribution in [0.25, 0.3) is 0 Å². The van der Waals surface area contributed by atoms with Gasteiger partial charge >= 0.3 is 0 Å². The number of allylic oxidation sites excluding steroid dienone is 2. The lowest BCUT2D eigenvalue weighted by Crippen LogP contribution is -2.23. The molecule has 2 rings (SSSR count). The minimum Gasteiger partial charge on any atom is -0.469 e. The van der Waals surface area contributed by atoms with E-state index in [1.807, 2.05) is 0 Å². The van der Waals surface area contributed by atoms with Crippen LogP contribution in [0.3, 0.4) is 0 Å². The average Bonchev–Trinajstić information content (AvgIpc) is 2.67. The maximum Gasteiger partial charge on any atom is 0.245 e. The van der Waals surface area contributed by atoms with Crippen molar-refractivity contribution in [1.82, 2.24) is 0 Å². The van der Waals surface area contributed by atoms with Gasteiger partial charge in [-0.1, -0.05) is 23.9 Å². The molecule has 0 saturated carbocycles. The van der Waals surface area contributed by atoms with Crippen molar-refractivity contribution in [3.63, 3.8) is 0 Å². The third-order valence-electron chi connectivity index (χ3n) is 2.64. The van der Waals surface area contributed by atoms with E-state index >= 15 is 0 Å². The van der Waals surface area contributed by atoms with Gasteiger partial charge in [-0.2, -0.15) is 0 Å². The lowest BCUT2D eigenvalue weighted by Gasteiger charge is -2.22. The van der Waals surface area contributed by atoms with Crippen LogP contribution in [0.2, 0.25) is 0 Å². The summed E-state index contributed by atoms with van der Waals surface area (Å²) in [5.74, 6) is 1.81. The van der Waals surface area contributed by atoms with Gasteiger partial charge in [-0.3, -0.25) is 0 Å². The van der Waals surface area contributed by atoms with Crippen LogP contribution in [0.15, 0.2) is 17.1 Å². The molecule has 1 aliphatic carbocycles. The van der Waals surface area contributed by atoms with Crippen LogP contribution in [0.4, 0.5) is 0 Å². The Bertz CT molecular complexity index is 237. The highest BCUT2D eigenvalue weighted by molar-refractivity contribution is 8.13. The van der Waals surface area contributed by atoms with E-state index < -0.39 is 0 Å². The van der Waals surface area contributed by atoms with E-state index in [-0.39, 0.29) is 0 Å². The van der Waals surface area contributed by atoms with E-state index in [0.29, 0.717) is 6.10 Å². The first-order chi connectivity index (χ1) is 6.40. The monoisotopic (exact) mass is 197 g/mol. The molecule has 2 nitrogen and oxygen atoms in total. The number of hydrogen-bond acceptors (Lipinski definition) is 3. The van der Waals surface area contributed by atoms with Crippen LogP contribution in [-0.4, -0.2) is 24.1 Å². The standard InChI is InChI=1S/C10H15NOS/c1-11-10-12-9(7-13-10)8-5-3-2-4-6-8/h2-3,8-9H,4-7H2,1H3. The van der Waals surface area contributed by atoms with Gasteiger partial charge in [0.1, 0.15) is 6.10 Å². The summed E-state index contributed by atoms with van der Waals surface area (Å²) in [6.07, 6.45) is 8.64. The number of rotatable bonds is 1. The van der Waals surface area contributed by atoms with Crippen molar-refractivity contribution in [1.29, 1.82) is 0 Å². The van der Waals surface area contributed by atoms with E-state index in [2.05, 4.69) is 17.1 Å². The summed E-state index contributed by atoms with van der Waals surface area (Å²) in [5.41, 5.74) is 0. The van der Waals surface area contributed by atoms with Crippen LogP contribution in [0, 0.1) is 5.92 Å². The topological polar surface area (TPSA) is 21.6 Å². The Morgan fingerprint density at radius 3 is 3.08 bits per heavy atom. The maximum absolute atomic E-state index is 5.73. The molecule has 13 heavy (non-hydrogen) atoms. The molecule has 1 saturated heterocycles. The number of hydrogen-bond donors (Lipinski definition) is 0. The van der Waals surface area contributed by atoms with Crippen molar-refractivity contribution in [3.05, 3.63) is 12.2 Å². The Kier molecular flexibility index (Phi) is 2.94. The Morgan fingerprint density at radius 2 is 2.46 bits per heavy atom.